The fourth-order valence-electron chi connectivity index (χ4n) is 4.14. The number of aromatic hydroxyl groups is 1. The predicted molar refractivity (Wildman–Crippen MR) is 115 cm³/mol. The van der Waals surface area contributed by atoms with Gasteiger partial charge >= 0.3 is 0 Å². The van der Waals surface area contributed by atoms with E-state index < -0.39 is 0 Å². The number of fused-ring (bicyclic) bond motifs is 1. The zero-order valence-corrected chi connectivity index (χ0v) is 17.7. The van der Waals surface area contributed by atoms with Crippen LogP contribution < -0.4 is 19.9 Å². The Bertz CT molecular complexity index is 1050. The highest BCUT2D eigenvalue weighted by molar-refractivity contribution is 6.14. The van der Waals surface area contributed by atoms with Gasteiger partial charge in [-0.2, -0.15) is 0 Å². The number of aryl methyl sites for hydroxylation is 1. The van der Waals surface area contributed by atoms with Crippen LogP contribution in [-0.2, 0) is 6.54 Å². The number of hydrogen-bond donors (Lipinski definition) is 4. The zero-order valence-electron chi connectivity index (χ0n) is 17.7. The van der Waals surface area contributed by atoms with Crippen molar-refractivity contribution >= 4 is 22.6 Å². The minimum absolute atomic E-state index is 0.209. The third-order valence-electron chi connectivity index (χ3n) is 5.93. The average Bonchev–Trinajstić information content (AvgIpc) is 3.08. The van der Waals surface area contributed by atoms with Crippen molar-refractivity contribution in [3.8, 4) is 11.5 Å². The number of nitrogens with one attached hydrogen (secondary N) is 3. The summed E-state index contributed by atoms with van der Waals surface area (Å²) in [5, 5.41) is 14.3. The van der Waals surface area contributed by atoms with Crippen LogP contribution in [0.4, 0.5) is 5.69 Å². The Hall–Kier alpha value is -3.03. The summed E-state index contributed by atoms with van der Waals surface area (Å²) in [6.45, 7) is 6.72. The number of anilines is 1. The molecule has 1 aromatic heterocycles. The number of ether oxygens (including phenoxy) is 1. The topological polar surface area (TPSA) is 80.6 Å². The molecule has 1 amide bonds. The number of phenolic OH excluding ortho intramolecular Hbond substituents is 1. The molecule has 0 bridgehead atoms. The van der Waals surface area contributed by atoms with Gasteiger partial charge in [0, 0.05) is 11.1 Å². The van der Waals surface area contributed by atoms with E-state index in [1.54, 1.807) is 50.4 Å². The van der Waals surface area contributed by atoms with Crippen molar-refractivity contribution < 1.29 is 28.9 Å². The highest BCUT2D eigenvalue weighted by Gasteiger charge is 2.27. The van der Waals surface area contributed by atoms with Crippen molar-refractivity contribution in [3.05, 3.63) is 53.3 Å². The minimum Gasteiger partial charge on any atom is -0.507 e. The number of piperazine rings is 1. The molecule has 158 valence electrons. The standard InChI is InChI=1S/C23H27N3O4/c1-15-21(23(28)24-16-4-6-17(29-3)7-5-16)22-18(19(27)8-9-20(22)30-15)14-26-12-10-25(2)11-13-26/h4-9,27H,10-14H2,1-3H3,(H,24,28)/p+2. The van der Waals surface area contributed by atoms with E-state index >= 15 is 0 Å². The quantitative estimate of drug-likeness (QED) is 0.496. The minimum atomic E-state index is -0.249. The first-order chi connectivity index (χ1) is 14.5. The predicted octanol–water partition coefficient (Wildman–Crippen LogP) is 0.621. The molecule has 0 radical (unpaired) electrons. The Balaban J connectivity index is 1.67. The van der Waals surface area contributed by atoms with E-state index in [-0.39, 0.29) is 11.7 Å². The van der Waals surface area contributed by atoms with Gasteiger partial charge in [0.1, 0.15) is 55.6 Å². The van der Waals surface area contributed by atoms with Crippen molar-refractivity contribution in [2.24, 2.45) is 0 Å². The van der Waals surface area contributed by atoms with Crippen LogP contribution in [0.3, 0.4) is 0 Å². The summed E-state index contributed by atoms with van der Waals surface area (Å²) in [7, 11) is 3.81. The Morgan fingerprint density at radius 1 is 1.13 bits per heavy atom. The van der Waals surface area contributed by atoms with Crippen molar-refractivity contribution in [3.63, 3.8) is 0 Å². The summed E-state index contributed by atoms with van der Waals surface area (Å²) >= 11 is 0. The second-order valence-corrected chi connectivity index (χ2v) is 8.04. The molecule has 2 aromatic carbocycles. The fourth-order valence-corrected chi connectivity index (χ4v) is 4.14. The van der Waals surface area contributed by atoms with E-state index in [1.165, 1.54) is 9.80 Å². The first kappa shape index (κ1) is 20.3. The van der Waals surface area contributed by atoms with Crippen molar-refractivity contribution in [1.29, 1.82) is 0 Å². The summed E-state index contributed by atoms with van der Waals surface area (Å²) in [4.78, 5) is 16.1. The third kappa shape index (κ3) is 3.99. The summed E-state index contributed by atoms with van der Waals surface area (Å²) in [6, 6.07) is 10.6. The zero-order chi connectivity index (χ0) is 21.3. The first-order valence-electron chi connectivity index (χ1n) is 10.3. The Kier molecular flexibility index (Phi) is 5.65. The Labute approximate surface area is 175 Å². The number of phenols is 1. The molecule has 2 heterocycles. The van der Waals surface area contributed by atoms with Crippen LogP contribution in [0.2, 0.25) is 0 Å². The molecule has 1 aliphatic rings. The van der Waals surface area contributed by atoms with E-state index in [0.29, 0.717) is 34.5 Å². The molecule has 0 spiro atoms. The van der Waals surface area contributed by atoms with Gasteiger partial charge in [0.25, 0.3) is 5.91 Å². The molecule has 4 rings (SSSR count). The molecular weight excluding hydrogens is 382 g/mol. The van der Waals surface area contributed by atoms with Gasteiger partial charge in [-0.05, 0) is 43.3 Å². The molecule has 1 fully saturated rings. The molecule has 7 heteroatoms. The molecule has 7 nitrogen and oxygen atoms in total. The van der Waals surface area contributed by atoms with Gasteiger partial charge in [-0.25, -0.2) is 0 Å². The lowest BCUT2D eigenvalue weighted by Gasteiger charge is -2.27. The van der Waals surface area contributed by atoms with Crippen LogP contribution in [0.1, 0.15) is 21.7 Å². The van der Waals surface area contributed by atoms with Gasteiger partial charge in [-0.1, -0.05) is 0 Å². The van der Waals surface area contributed by atoms with Crippen molar-refractivity contribution in [2.45, 2.75) is 13.5 Å². The highest BCUT2D eigenvalue weighted by atomic mass is 16.5. The molecule has 1 saturated heterocycles. The molecule has 0 aliphatic carbocycles. The van der Waals surface area contributed by atoms with E-state index in [4.69, 9.17) is 9.15 Å². The third-order valence-corrected chi connectivity index (χ3v) is 5.93. The maximum atomic E-state index is 13.2. The number of amides is 1. The summed E-state index contributed by atoms with van der Waals surface area (Å²) in [6.07, 6.45) is 0. The van der Waals surface area contributed by atoms with Crippen LogP contribution in [-0.4, -0.2) is 51.4 Å². The molecule has 30 heavy (non-hydrogen) atoms. The van der Waals surface area contributed by atoms with Gasteiger partial charge in [0.05, 0.1) is 25.3 Å². The van der Waals surface area contributed by atoms with Gasteiger partial charge in [0.2, 0.25) is 0 Å². The maximum absolute atomic E-state index is 13.2. The molecule has 0 atom stereocenters. The highest BCUT2D eigenvalue weighted by Crippen LogP contribution is 2.34. The first-order valence-corrected chi connectivity index (χ1v) is 10.3. The second kappa shape index (κ2) is 8.38. The van der Waals surface area contributed by atoms with Gasteiger partial charge in [0.15, 0.2) is 0 Å². The van der Waals surface area contributed by atoms with E-state index in [1.807, 2.05) is 0 Å². The molecular formula is C23H29N3O4+2. The molecule has 0 saturated carbocycles. The number of likely N-dealkylation sites (N-methyl/N-ethyl adjacent to an activating group) is 1. The lowest BCUT2D eigenvalue weighted by atomic mass is 10.0. The lowest BCUT2D eigenvalue weighted by Crippen LogP contribution is -3.26. The number of carbonyl (C=O) groups excluding carboxylic acids is 1. The summed E-state index contributed by atoms with van der Waals surface area (Å²) < 4.78 is 11.1. The van der Waals surface area contributed by atoms with Crippen molar-refractivity contribution in [2.75, 3.05) is 45.7 Å². The normalized spacial score (nSPS) is 19.0. The van der Waals surface area contributed by atoms with Crippen molar-refractivity contribution in [1.82, 2.24) is 0 Å². The molecule has 0 unspecified atom stereocenters. The summed E-state index contributed by atoms with van der Waals surface area (Å²) in [5.41, 5.74) is 2.55. The van der Waals surface area contributed by atoms with E-state index in [0.717, 1.165) is 37.5 Å². The van der Waals surface area contributed by atoms with E-state index in [9.17, 15) is 9.90 Å². The van der Waals surface area contributed by atoms with Gasteiger partial charge in [-0.15, -0.1) is 0 Å². The van der Waals surface area contributed by atoms with Crippen LogP contribution in [0.5, 0.6) is 11.5 Å². The number of carbonyl (C=O) groups is 1. The van der Waals surface area contributed by atoms with Crippen LogP contribution in [0.25, 0.3) is 11.0 Å². The van der Waals surface area contributed by atoms with Gasteiger partial charge < -0.3 is 29.4 Å². The molecule has 4 N–H and O–H groups in total. The van der Waals surface area contributed by atoms with Crippen LogP contribution >= 0.6 is 0 Å². The smallest absolute Gasteiger partial charge is 0.259 e. The van der Waals surface area contributed by atoms with E-state index in [2.05, 4.69) is 12.4 Å². The SMILES string of the molecule is COc1ccc(NC(=O)c2c(C)oc3ccc(O)c(C[NH+]4CC[NH+](C)CC4)c23)cc1. The molecule has 3 aromatic rings. The Morgan fingerprint density at radius 2 is 1.83 bits per heavy atom. The Morgan fingerprint density at radius 3 is 2.50 bits per heavy atom. The monoisotopic (exact) mass is 411 g/mol. The number of benzene rings is 2. The number of rotatable bonds is 5. The number of quaternary nitrogens is 2. The number of furan rings is 1. The number of methoxy groups -OCH3 is 1. The summed E-state index contributed by atoms with van der Waals surface area (Å²) in [5.74, 6) is 1.23. The van der Waals surface area contributed by atoms with Gasteiger partial charge in [-0.3, -0.25) is 4.79 Å². The molecule has 1 aliphatic heterocycles. The maximum Gasteiger partial charge on any atom is 0.259 e. The van der Waals surface area contributed by atoms with Crippen LogP contribution in [0, 0.1) is 6.92 Å². The van der Waals surface area contributed by atoms with Crippen LogP contribution in [0.15, 0.2) is 40.8 Å². The fraction of sp³-hybridized carbons (Fsp3) is 0.348. The lowest BCUT2D eigenvalue weighted by molar-refractivity contribution is -1.01. The largest absolute Gasteiger partial charge is 0.507 e. The average molecular weight is 412 g/mol. The second-order valence-electron chi connectivity index (χ2n) is 8.04. The number of hydrogen-bond acceptors (Lipinski definition) is 4.